The van der Waals surface area contributed by atoms with E-state index >= 15 is 0 Å². The van der Waals surface area contributed by atoms with Crippen LogP contribution in [0.2, 0.25) is 0 Å². The summed E-state index contributed by atoms with van der Waals surface area (Å²) in [5, 5.41) is 11.9. The van der Waals surface area contributed by atoms with Gasteiger partial charge in [0.25, 0.3) is 5.91 Å². The number of hydrogen-bond donors (Lipinski definition) is 2. The van der Waals surface area contributed by atoms with Gasteiger partial charge in [-0.3, -0.25) is 4.79 Å². The molecule has 6 heteroatoms. The minimum absolute atomic E-state index is 0.00263. The van der Waals surface area contributed by atoms with Crippen molar-refractivity contribution in [3.05, 3.63) is 23.7 Å². The van der Waals surface area contributed by atoms with E-state index in [-0.39, 0.29) is 17.2 Å². The highest BCUT2D eigenvalue weighted by Crippen LogP contribution is 2.31. The molecule has 6 nitrogen and oxygen atoms in total. The Labute approximate surface area is 118 Å². The van der Waals surface area contributed by atoms with Crippen molar-refractivity contribution in [2.75, 3.05) is 13.1 Å². The van der Waals surface area contributed by atoms with Crippen LogP contribution in [0.5, 0.6) is 0 Å². The molecule has 3 N–H and O–H groups in total. The molecule has 0 saturated carbocycles. The summed E-state index contributed by atoms with van der Waals surface area (Å²) in [6.07, 6.45) is 3.63. The van der Waals surface area contributed by atoms with Crippen LogP contribution in [0.4, 0.5) is 0 Å². The molecule has 0 spiro atoms. The molecule has 20 heavy (non-hydrogen) atoms. The minimum Gasteiger partial charge on any atom is -0.469 e. The molecule has 1 aliphatic heterocycles. The number of aryl methyl sites for hydroxylation is 1. The lowest BCUT2D eigenvalue weighted by atomic mass is 9.79. The van der Waals surface area contributed by atoms with Crippen molar-refractivity contribution in [2.24, 2.45) is 16.3 Å². The molecule has 0 atom stereocenters. The fourth-order valence-electron chi connectivity index (χ4n) is 2.56. The third-order valence-electron chi connectivity index (χ3n) is 4.18. The summed E-state index contributed by atoms with van der Waals surface area (Å²) in [6, 6.07) is 1.72. The van der Waals surface area contributed by atoms with E-state index in [0.717, 1.165) is 5.76 Å². The van der Waals surface area contributed by atoms with Gasteiger partial charge in [0, 0.05) is 24.9 Å². The van der Waals surface area contributed by atoms with Crippen molar-refractivity contribution in [3.63, 3.8) is 0 Å². The zero-order chi connectivity index (χ0) is 14.8. The Morgan fingerprint density at radius 2 is 2.20 bits per heavy atom. The second-order valence-electron chi connectivity index (χ2n) is 5.45. The number of amidine groups is 1. The number of oxime groups is 1. The Morgan fingerprint density at radius 1 is 1.55 bits per heavy atom. The predicted molar refractivity (Wildman–Crippen MR) is 74.7 cm³/mol. The standard InChI is InChI=1S/C14H21N3O3/c1-3-11-10(4-9-20-11)12(18)17-7-5-14(2,6-8-17)13(15)16-19/h4,9,19H,3,5-8H2,1-2H3,(H2,15,16). The van der Waals surface area contributed by atoms with Crippen molar-refractivity contribution >= 4 is 11.7 Å². The number of nitrogens with zero attached hydrogens (tertiary/aromatic N) is 2. The van der Waals surface area contributed by atoms with Crippen LogP contribution in [-0.4, -0.2) is 34.9 Å². The summed E-state index contributed by atoms with van der Waals surface area (Å²) in [5.41, 5.74) is 6.03. The third kappa shape index (κ3) is 2.50. The van der Waals surface area contributed by atoms with Crippen LogP contribution < -0.4 is 5.73 Å². The molecule has 0 radical (unpaired) electrons. The van der Waals surface area contributed by atoms with Gasteiger partial charge in [0.15, 0.2) is 0 Å². The van der Waals surface area contributed by atoms with Crippen molar-refractivity contribution in [2.45, 2.75) is 33.1 Å². The Balaban J connectivity index is 2.06. The van der Waals surface area contributed by atoms with E-state index in [1.807, 2.05) is 13.8 Å². The van der Waals surface area contributed by atoms with E-state index in [1.54, 1.807) is 17.2 Å². The average molecular weight is 279 g/mol. The van der Waals surface area contributed by atoms with Gasteiger partial charge in [0.05, 0.1) is 11.8 Å². The molecule has 0 bridgehead atoms. The lowest BCUT2D eigenvalue weighted by molar-refractivity contribution is 0.0664. The number of furan rings is 1. The minimum atomic E-state index is -0.338. The maximum absolute atomic E-state index is 12.4. The molecule has 1 fully saturated rings. The second kappa shape index (κ2) is 5.56. The molecule has 0 aliphatic carbocycles. The van der Waals surface area contributed by atoms with Crippen LogP contribution in [-0.2, 0) is 6.42 Å². The fraction of sp³-hybridized carbons (Fsp3) is 0.571. The highest BCUT2D eigenvalue weighted by Gasteiger charge is 2.36. The highest BCUT2D eigenvalue weighted by atomic mass is 16.4. The normalized spacial score (nSPS) is 19.1. The van der Waals surface area contributed by atoms with Gasteiger partial charge in [-0.2, -0.15) is 0 Å². The van der Waals surface area contributed by atoms with E-state index in [1.165, 1.54) is 0 Å². The van der Waals surface area contributed by atoms with E-state index in [0.29, 0.717) is 37.9 Å². The first-order valence-electron chi connectivity index (χ1n) is 6.85. The Morgan fingerprint density at radius 3 is 2.75 bits per heavy atom. The Hall–Kier alpha value is -1.98. The number of piperidine rings is 1. The molecular formula is C14H21N3O3. The average Bonchev–Trinajstić information content (AvgIpc) is 2.94. The number of likely N-dealkylation sites (tertiary alicyclic amines) is 1. The second-order valence-corrected chi connectivity index (χ2v) is 5.45. The molecule has 2 rings (SSSR count). The van der Waals surface area contributed by atoms with E-state index < -0.39 is 0 Å². The molecule has 0 aromatic carbocycles. The summed E-state index contributed by atoms with van der Waals surface area (Å²) in [7, 11) is 0. The molecule has 1 aliphatic rings. The number of nitrogens with two attached hydrogens (primary N) is 1. The zero-order valence-electron chi connectivity index (χ0n) is 11.9. The fourth-order valence-corrected chi connectivity index (χ4v) is 2.56. The quantitative estimate of drug-likeness (QED) is 0.382. The van der Waals surface area contributed by atoms with Crippen molar-refractivity contribution in [1.29, 1.82) is 0 Å². The van der Waals surface area contributed by atoms with Gasteiger partial charge in [0.1, 0.15) is 11.6 Å². The smallest absolute Gasteiger partial charge is 0.257 e. The van der Waals surface area contributed by atoms with Crippen LogP contribution in [0, 0.1) is 5.41 Å². The van der Waals surface area contributed by atoms with Crippen molar-refractivity contribution in [3.8, 4) is 0 Å². The first-order chi connectivity index (χ1) is 9.51. The number of amides is 1. The summed E-state index contributed by atoms with van der Waals surface area (Å²) in [5.74, 6) is 0.957. The number of carbonyl (C=O) groups is 1. The largest absolute Gasteiger partial charge is 0.469 e. The topological polar surface area (TPSA) is 92.1 Å². The lowest BCUT2D eigenvalue weighted by Crippen LogP contribution is -2.47. The monoisotopic (exact) mass is 279 g/mol. The van der Waals surface area contributed by atoms with Gasteiger partial charge in [-0.25, -0.2) is 0 Å². The van der Waals surface area contributed by atoms with Crippen LogP contribution in [0.15, 0.2) is 21.9 Å². The third-order valence-corrected chi connectivity index (χ3v) is 4.18. The first kappa shape index (κ1) is 14.4. The summed E-state index contributed by atoms with van der Waals surface area (Å²) in [6.45, 7) is 5.11. The van der Waals surface area contributed by atoms with Crippen LogP contribution in [0.1, 0.15) is 42.8 Å². The van der Waals surface area contributed by atoms with Crippen LogP contribution >= 0.6 is 0 Å². The van der Waals surface area contributed by atoms with Gasteiger partial charge in [-0.15, -0.1) is 0 Å². The molecule has 110 valence electrons. The van der Waals surface area contributed by atoms with Crippen molar-refractivity contribution < 1.29 is 14.4 Å². The van der Waals surface area contributed by atoms with Crippen molar-refractivity contribution in [1.82, 2.24) is 4.90 Å². The highest BCUT2D eigenvalue weighted by molar-refractivity contribution is 5.95. The Bertz CT molecular complexity index is 513. The van der Waals surface area contributed by atoms with E-state index in [9.17, 15) is 4.79 Å². The zero-order valence-corrected chi connectivity index (χ0v) is 11.9. The predicted octanol–water partition coefficient (Wildman–Crippen LogP) is 1.83. The van der Waals surface area contributed by atoms with E-state index in [4.69, 9.17) is 15.4 Å². The van der Waals surface area contributed by atoms with Gasteiger partial charge in [-0.05, 0) is 18.9 Å². The summed E-state index contributed by atoms with van der Waals surface area (Å²) >= 11 is 0. The van der Waals surface area contributed by atoms with Gasteiger partial charge in [0.2, 0.25) is 0 Å². The molecular weight excluding hydrogens is 258 g/mol. The first-order valence-corrected chi connectivity index (χ1v) is 6.85. The molecule has 0 unspecified atom stereocenters. The number of carbonyl (C=O) groups excluding carboxylic acids is 1. The SMILES string of the molecule is CCc1occc1C(=O)N1CCC(C)(/C(N)=N/O)CC1. The number of rotatable bonds is 3. The van der Waals surface area contributed by atoms with E-state index in [2.05, 4.69) is 5.16 Å². The summed E-state index contributed by atoms with van der Waals surface area (Å²) < 4.78 is 5.30. The van der Waals surface area contributed by atoms with Gasteiger partial charge < -0.3 is 20.3 Å². The van der Waals surface area contributed by atoms with Crippen LogP contribution in [0.3, 0.4) is 0 Å². The van der Waals surface area contributed by atoms with Gasteiger partial charge >= 0.3 is 0 Å². The maximum Gasteiger partial charge on any atom is 0.257 e. The molecule has 1 aromatic heterocycles. The van der Waals surface area contributed by atoms with Gasteiger partial charge in [-0.1, -0.05) is 19.0 Å². The lowest BCUT2D eigenvalue weighted by Gasteiger charge is -2.38. The summed E-state index contributed by atoms with van der Waals surface area (Å²) in [4.78, 5) is 14.2. The molecule has 1 aromatic rings. The molecule has 1 saturated heterocycles. The molecule has 2 heterocycles. The van der Waals surface area contributed by atoms with Crippen LogP contribution in [0.25, 0.3) is 0 Å². The molecule has 1 amide bonds. The Kier molecular flexibility index (Phi) is 4.01. The maximum atomic E-state index is 12.4. The number of hydrogen-bond acceptors (Lipinski definition) is 4.